The van der Waals surface area contributed by atoms with Crippen LogP contribution in [0.15, 0.2) is 22.8 Å². The molecule has 0 unspecified atom stereocenters. The van der Waals surface area contributed by atoms with Crippen molar-refractivity contribution in [3.63, 3.8) is 0 Å². The van der Waals surface area contributed by atoms with Crippen LogP contribution in [0, 0.1) is 0 Å². The summed E-state index contributed by atoms with van der Waals surface area (Å²) in [6.07, 6.45) is 7.11. The van der Waals surface area contributed by atoms with Gasteiger partial charge in [0, 0.05) is 6.54 Å². The Kier molecular flexibility index (Phi) is 2.79. The zero-order valence-corrected chi connectivity index (χ0v) is 11.7. The second-order valence-electron chi connectivity index (χ2n) is 6.44. The largest absolute Gasteiger partial charge is 0.461 e. The van der Waals surface area contributed by atoms with Gasteiger partial charge in [-0.05, 0) is 55.4 Å². The molecule has 1 aliphatic carbocycles. The number of aliphatic hydroxyl groups is 1. The molecule has 0 aromatic rings. The summed E-state index contributed by atoms with van der Waals surface area (Å²) in [4.78, 5) is 14.3. The van der Waals surface area contributed by atoms with Crippen LogP contribution in [0.25, 0.3) is 0 Å². The molecular formula is C16H21NO3. The van der Waals surface area contributed by atoms with Crippen molar-refractivity contribution in [2.45, 2.75) is 50.2 Å². The van der Waals surface area contributed by atoms with E-state index in [0.29, 0.717) is 13.0 Å². The van der Waals surface area contributed by atoms with Gasteiger partial charge in [-0.3, -0.25) is 9.69 Å². The lowest BCUT2D eigenvalue weighted by Crippen LogP contribution is -2.51. The molecule has 0 radical (unpaired) electrons. The molecule has 1 fully saturated rings. The van der Waals surface area contributed by atoms with Crippen LogP contribution >= 0.6 is 0 Å². The van der Waals surface area contributed by atoms with Crippen molar-refractivity contribution in [1.29, 1.82) is 0 Å². The molecule has 0 amide bonds. The number of ether oxygens (including phenoxy) is 1. The molecule has 1 N–H and O–H groups in total. The molecule has 108 valence electrons. The lowest BCUT2D eigenvalue weighted by molar-refractivity contribution is -0.143. The Bertz CT molecular complexity index is 522. The molecule has 0 bridgehead atoms. The summed E-state index contributed by atoms with van der Waals surface area (Å²) in [5.41, 5.74) is 3.85. The van der Waals surface area contributed by atoms with E-state index in [2.05, 4.69) is 11.0 Å². The zero-order chi connectivity index (χ0) is 13.7. The first-order valence-electron chi connectivity index (χ1n) is 7.70. The first-order valence-corrected chi connectivity index (χ1v) is 7.70. The Balaban J connectivity index is 1.88. The van der Waals surface area contributed by atoms with Crippen molar-refractivity contribution in [3.05, 3.63) is 22.8 Å². The zero-order valence-electron chi connectivity index (χ0n) is 11.7. The summed E-state index contributed by atoms with van der Waals surface area (Å²) in [5, 5.41) is 10.2. The molecule has 1 spiro atoms. The van der Waals surface area contributed by atoms with Crippen molar-refractivity contribution in [1.82, 2.24) is 4.90 Å². The highest BCUT2D eigenvalue weighted by Crippen LogP contribution is 2.51. The van der Waals surface area contributed by atoms with Crippen molar-refractivity contribution in [3.8, 4) is 0 Å². The van der Waals surface area contributed by atoms with Crippen LogP contribution in [0.2, 0.25) is 0 Å². The molecule has 0 saturated carbocycles. The third-order valence-electron chi connectivity index (χ3n) is 5.45. The van der Waals surface area contributed by atoms with Crippen LogP contribution in [0.1, 0.15) is 38.5 Å². The minimum absolute atomic E-state index is 0.105. The van der Waals surface area contributed by atoms with Crippen LogP contribution in [0.4, 0.5) is 0 Å². The number of aliphatic hydroxyl groups excluding tert-OH is 1. The van der Waals surface area contributed by atoms with Crippen LogP contribution in [-0.4, -0.2) is 47.3 Å². The highest BCUT2D eigenvalue weighted by molar-refractivity contribution is 5.76. The number of carbonyl (C=O) groups is 1. The fourth-order valence-corrected chi connectivity index (χ4v) is 4.62. The summed E-state index contributed by atoms with van der Waals surface area (Å²) in [6, 6.07) is 0. The fraction of sp³-hybridized carbons (Fsp3) is 0.688. The quantitative estimate of drug-likeness (QED) is 0.538. The fourth-order valence-electron chi connectivity index (χ4n) is 4.62. The van der Waals surface area contributed by atoms with Crippen LogP contribution in [-0.2, 0) is 9.53 Å². The van der Waals surface area contributed by atoms with Gasteiger partial charge in [-0.1, -0.05) is 6.08 Å². The van der Waals surface area contributed by atoms with Gasteiger partial charge in [-0.15, -0.1) is 0 Å². The number of hydrogen-bond donors (Lipinski definition) is 1. The van der Waals surface area contributed by atoms with E-state index >= 15 is 0 Å². The summed E-state index contributed by atoms with van der Waals surface area (Å²) in [7, 11) is 0. The summed E-state index contributed by atoms with van der Waals surface area (Å²) >= 11 is 0. The average molecular weight is 275 g/mol. The summed E-state index contributed by atoms with van der Waals surface area (Å²) in [5.74, 6) is -0.105. The molecule has 4 heteroatoms. The lowest BCUT2D eigenvalue weighted by Gasteiger charge is -2.45. The van der Waals surface area contributed by atoms with Crippen molar-refractivity contribution in [2.24, 2.45) is 0 Å². The molecule has 3 aliphatic heterocycles. The van der Waals surface area contributed by atoms with Crippen LogP contribution in [0.5, 0.6) is 0 Å². The third-order valence-corrected chi connectivity index (χ3v) is 5.45. The van der Waals surface area contributed by atoms with E-state index in [4.69, 9.17) is 4.74 Å². The molecule has 20 heavy (non-hydrogen) atoms. The van der Waals surface area contributed by atoms with Gasteiger partial charge in [-0.25, -0.2) is 0 Å². The van der Waals surface area contributed by atoms with E-state index in [1.807, 2.05) is 0 Å². The average Bonchev–Trinajstić information content (AvgIpc) is 2.72. The number of carbonyl (C=O) groups excluding carboxylic acids is 1. The Morgan fingerprint density at radius 3 is 3.15 bits per heavy atom. The molecule has 2 atom stereocenters. The topological polar surface area (TPSA) is 49.8 Å². The molecular weight excluding hydrogens is 254 g/mol. The van der Waals surface area contributed by atoms with E-state index in [-0.39, 0.29) is 17.6 Å². The Morgan fingerprint density at radius 2 is 2.25 bits per heavy atom. The van der Waals surface area contributed by atoms with E-state index in [9.17, 15) is 9.90 Å². The van der Waals surface area contributed by atoms with Gasteiger partial charge < -0.3 is 9.84 Å². The molecule has 0 aromatic heterocycles. The van der Waals surface area contributed by atoms with Gasteiger partial charge in [0.25, 0.3) is 0 Å². The van der Waals surface area contributed by atoms with Gasteiger partial charge in [0.05, 0.1) is 18.1 Å². The van der Waals surface area contributed by atoms with Gasteiger partial charge in [0.1, 0.15) is 6.61 Å². The van der Waals surface area contributed by atoms with Crippen molar-refractivity contribution in [2.75, 3.05) is 19.7 Å². The number of nitrogens with zero attached hydrogens (tertiary/aromatic N) is 1. The molecule has 4 rings (SSSR count). The Hall–Kier alpha value is -1.13. The van der Waals surface area contributed by atoms with Crippen molar-refractivity contribution < 1.29 is 14.6 Å². The first kappa shape index (κ1) is 12.6. The van der Waals surface area contributed by atoms with Gasteiger partial charge in [-0.2, -0.15) is 0 Å². The second-order valence-corrected chi connectivity index (χ2v) is 6.44. The normalized spacial score (nSPS) is 37.5. The van der Waals surface area contributed by atoms with Gasteiger partial charge in [0.2, 0.25) is 0 Å². The predicted molar refractivity (Wildman–Crippen MR) is 74.1 cm³/mol. The van der Waals surface area contributed by atoms with E-state index in [1.165, 1.54) is 16.7 Å². The van der Waals surface area contributed by atoms with E-state index < -0.39 is 0 Å². The molecule has 3 heterocycles. The minimum atomic E-state index is -0.288. The molecule has 4 aliphatic rings. The highest BCUT2D eigenvalue weighted by Gasteiger charge is 2.52. The third kappa shape index (κ3) is 1.64. The second kappa shape index (κ2) is 4.43. The monoisotopic (exact) mass is 275 g/mol. The highest BCUT2D eigenvalue weighted by atomic mass is 16.5. The minimum Gasteiger partial charge on any atom is -0.461 e. The van der Waals surface area contributed by atoms with Gasteiger partial charge >= 0.3 is 5.97 Å². The van der Waals surface area contributed by atoms with Crippen LogP contribution in [0.3, 0.4) is 0 Å². The standard InChI is InChI=1S/C16H21NO3/c18-13-4-3-12-5-7-17-6-1-2-11-10-20-15(19)8-14(11)16(12,17)9-13/h3,13,18H,1-2,4-10H2/t13-,16-/m1/s1. The lowest BCUT2D eigenvalue weighted by atomic mass is 9.71. The number of rotatable bonds is 0. The van der Waals surface area contributed by atoms with Gasteiger partial charge in [0.15, 0.2) is 0 Å². The molecule has 1 saturated heterocycles. The maximum atomic E-state index is 11.8. The Morgan fingerprint density at radius 1 is 1.35 bits per heavy atom. The maximum Gasteiger partial charge on any atom is 0.310 e. The maximum absolute atomic E-state index is 11.8. The Labute approximate surface area is 119 Å². The number of hydrogen-bond acceptors (Lipinski definition) is 4. The first-order chi connectivity index (χ1) is 9.70. The summed E-state index contributed by atoms with van der Waals surface area (Å²) in [6.45, 7) is 2.59. The van der Waals surface area contributed by atoms with E-state index in [1.54, 1.807) is 0 Å². The number of esters is 1. The summed E-state index contributed by atoms with van der Waals surface area (Å²) < 4.78 is 5.26. The predicted octanol–water partition coefficient (Wildman–Crippen LogP) is 1.55. The van der Waals surface area contributed by atoms with E-state index in [0.717, 1.165) is 45.2 Å². The van der Waals surface area contributed by atoms with Crippen LogP contribution < -0.4 is 0 Å². The van der Waals surface area contributed by atoms with Crippen molar-refractivity contribution >= 4 is 5.97 Å². The smallest absolute Gasteiger partial charge is 0.310 e. The number of cyclic esters (lactones) is 1. The SMILES string of the molecule is O=C1CC2=C(CCCN3CCC4=CC[C@@H](O)C[C@@]423)CO1. The molecule has 0 aromatic carbocycles. The molecule has 4 nitrogen and oxygen atoms in total.